The molecule has 0 bridgehead atoms. The van der Waals surface area contributed by atoms with Crippen LogP contribution in [-0.2, 0) is 4.74 Å². The number of hydrogen-bond acceptors (Lipinski definition) is 2. The van der Waals surface area contributed by atoms with Crippen LogP contribution in [0.15, 0.2) is 28.7 Å². The van der Waals surface area contributed by atoms with Gasteiger partial charge in [-0.15, -0.1) is 0 Å². The predicted molar refractivity (Wildman–Crippen MR) is 63.9 cm³/mol. The SMILES string of the molecule is CCC(CC)OC(=O)c1cccc(Br)c1. The van der Waals surface area contributed by atoms with Crippen molar-refractivity contribution in [3.63, 3.8) is 0 Å². The Morgan fingerprint density at radius 1 is 1.40 bits per heavy atom. The average molecular weight is 271 g/mol. The quantitative estimate of drug-likeness (QED) is 0.779. The van der Waals surface area contributed by atoms with Gasteiger partial charge < -0.3 is 4.74 Å². The molecular weight excluding hydrogens is 256 g/mol. The molecule has 1 rings (SSSR count). The van der Waals surface area contributed by atoms with Gasteiger partial charge in [0.2, 0.25) is 0 Å². The van der Waals surface area contributed by atoms with Crippen molar-refractivity contribution in [2.24, 2.45) is 0 Å². The number of hydrogen-bond donors (Lipinski definition) is 0. The number of carbonyl (C=O) groups is 1. The van der Waals surface area contributed by atoms with E-state index in [2.05, 4.69) is 15.9 Å². The largest absolute Gasteiger partial charge is 0.459 e. The molecule has 82 valence electrons. The molecule has 0 aliphatic rings. The lowest BCUT2D eigenvalue weighted by Gasteiger charge is -2.13. The summed E-state index contributed by atoms with van der Waals surface area (Å²) in [6.45, 7) is 4.03. The number of benzene rings is 1. The Morgan fingerprint density at radius 3 is 2.60 bits per heavy atom. The van der Waals surface area contributed by atoms with Crippen molar-refractivity contribution in [2.45, 2.75) is 32.8 Å². The van der Waals surface area contributed by atoms with Crippen LogP contribution in [0.1, 0.15) is 37.0 Å². The molecule has 2 nitrogen and oxygen atoms in total. The summed E-state index contributed by atoms with van der Waals surface area (Å²) in [5, 5.41) is 0. The van der Waals surface area contributed by atoms with E-state index in [1.165, 1.54) is 0 Å². The Labute approximate surface area is 98.8 Å². The number of esters is 1. The molecule has 0 N–H and O–H groups in total. The first-order chi connectivity index (χ1) is 7.17. The van der Waals surface area contributed by atoms with Crippen LogP contribution in [0.4, 0.5) is 0 Å². The minimum absolute atomic E-state index is 0.0245. The maximum atomic E-state index is 11.7. The van der Waals surface area contributed by atoms with Gasteiger partial charge in [0, 0.05) is 4.47 Å². The lowest BCUT2D eigenvalue weighted by atomic mass is 10.2. The molecule has 0 unspecified atom stereocenters. The molecule has 0 aliphatic heterocycles. The van der Waals surface area contributed by atoms with Gasteiger partial charge in [0.15, 0.2) is 0 Å². The molecule has 15 heavy (non-hydrogen) atoms. The maximum absolute atomic E-state index is 11.7. The molecule has 0 spiro atoms. The van der Waals surface area contributed by atoms with E-state index in [4.69, 9.17) is 4.74 Å². The highest BCUT2D eigenvalue weighted by atomic mass is 79.9. The molecule has 0 saturated heterocycles. The third-order valence-electron chi connectivity index (χ3n) is 2.24. The Kier molecular flexibility index (Phi) is 4.82. The van der Waals surface area contributed by atoms with Crippen LogP contribution in [0.5, 0.6) is 0 Å². The monoisotopic (exact) mass is 270 g/mol. The summed E-state index contributed by atoms with van der Waals surface area (Å²) in [5.41, 5.74) is 0.594. The van der Waals surface area contributed by atoms with E-state index in [9.17, 15) is 4.79 Å². The first-order valence-corrected chi connectivity index (χ1v) is 5.93. The standard InChI is InChI=1S/C12H15BrO2/c1-3-11(4-2)15-12(14)9-6-5-7-10(13)8-9/h5-8,11H,3-4H2,1-2H3. The molecular formula is C12H15BrO2. The van der Waals surface area contributed by atoms with Gasteiger partial charge in [0.05, 0.1) is 5.56 Å². The molecule has 0 radical (unpaired) electrons. The molecule has 0 aromatic heterocycles. The van der Waals surface area contributed by atoms with Crippen LogP contribution >= 0.6 is 15.9 Å². The van der Waals surface area contributed by atoms with Crippen molar-refractivity contribution in [1.82, 2.24) is 0 Å². The van der Waals surface area contributed by atoms with Crippen molar-refractivity contribution >= 4 is 21.9 Å². The van der Waals surface area contributed by atoms with Gasteiger partial charge in [0.25, 0.3) is 0 Å². The fraction of sp³-hybridized carbons (Fsp3) is 0.417. The van der Waals surface area contributed by atoms with Gasteiger partial charge >= 0.3 is 5.97 Å². The maximum Gasteiger partial charge on any atom is 0.338 e. The smallest absolute Gasteiger partial charge is 0.338 e. The van der Waals surface area contributed by atoms with Crippen molar-refractivity contribution in [3.05, 3.63) is 34.3 Å². The van der Waals surface area contributed by atoms with E-state index in [1.807, 2.05) is 26.0 Å². The lowest BCUT2D eigenvalue weighted by Crippen LogP contribution is -2.16. The Balaban J connectivity index is 2.68. The highest BCUT2D eigenvalue weighted by Crippen LogP contribution is 2.14. The summed E-state index contributed by atoms with van der Waals surface area (Å²) in [4.78, 5) is 11.7. The summed E-state index contributed by atoms with van der Waals surface area (Å²) >= 11 is 3.32. The molecule has 0 heterocycles. The van der Waals surface area contributed by atoms with Gasteiger partial charge in [-0.1, -0.05) is 35.8 Å². The van der Waals surface area contributed by atoms with Gasteiger partial charge in [-0.05, 0) is 31.0 Å². The predicted octanol–water partition coefficient (Wildman–Crippen LogP) is 3.79. The zero-order chi connectivity index (χ0) is 11.3. The van der Waals surface area contributed by atoms with Gasteiger partial charge in [-0.25, -0.2) is 4.79 Å². The van der Waals surface area contributed by atoms with Crippen LogP contribution in [0, 0.1) is 0 Å². The minimum Gasteiger partial charge on any atom is -0.459 e. The number of carbonyl (C=O) groups excluding carboxylic acids is 1. The second kappa shape index (κ2) is 5.91. The third-order valence-corrected chi connectivity index (χ3v) is 2.74. The summed E-state index contributed by atoms with van der Waals surface area (Å²) in [6.07, 6.45) is 1.74. The zero-order valence-electron chi connectivity index (χ0n) is 9.00. The van der Waals surface area contributed by atoms with E-state index in [-0.39, 0.29) is 12.1 Å². The van der Waals surface area contributed by atoms with Crippen LogP contribution in [-0.4, -0.2) is 12.1 Å². The summed E-state index contributed by atoms with van der Waals surface area (Å²) in [6, 6.07) is 7.24. The van der Waals surface area contributed by atoms with Crippen LogP contribution in [0.25, 0.3) is 0 Å². The summed E-state index contributed by atoms with van der Waals surface area (Å²) in [7, 11) is 0. The Hall–Kier alpha value is -0.830. The molecule has 0 fully saturated rings. The minimum atomic E-state index is -0.245. The van der Waals surface area contributed by atoms with E-state index >= 15 is 0 Å². The number of rotatable bonds is 4. The molecule has 0 aliphatic carbocycles. The van der Waals surface area contributed by atoms with E-state index in [1.54, 1.807) is 12.1 Å². The molecule has 1 aromatic carbocycles. The van der Waals surface area contributed by atoms with E-state index in [0.29, 0.717) is 5.56 Å². The number of ether oxygens (including phenoxy) is 1. The molecule has 3 heteroatoms. The number of halogens is 1. The molecule has 1 aromatic rings. The van der Waals surface area contributed by atoms with E-state index < -0.39 is 0 Å². The lowest BCUT2D eigenvalue weighted by molar-refractivity contribution is 0.0284. The Bertz CT molecular complexity index is 332. The zero-order valence-corrected chi connectivity index (χ0v) is 10.6. The molecule has 0 atom stereocenters. The fourth-order valence-electron chi connectivity index (χ4n) is 1.29. The summed E-state index contributed by atoms with van der Waals surface area (Å²) in [5.74, 6) is -0.245. The highest BCUT2D eigenvalue weighted by Gasteiger charge is 2.12. The second-order valence-corrected chi connectivity index (χ2v) is 4.27. The first-order valence-electron chi connectivity index (χ1n) is 5.14. The van der Waals surface area contributed by atoms with Crippen molar-refractivity contribution in [3.8, 4) is 0 Å². The van der Waals surface area contributed by atoms with Crippen molar-refractivity contribution < 1.29 is 9.53 Å². The van der Waals surface area contributed by atoms with Crippen molar-refractivity contribution in [1.29, 1.82) is 0 Å². The normalized spacial score (nSPS) is 10.4. The molecule has 0 amide bonds. The van der Waals surface area contributed by atoms with Crippen LogP contribution in [0.2, 0.25) is 0 Å². The second-order valence-electron chi connectivity index (χ2n) is 3.35. The van der Waals surface area contributed by atoms with E-state index in [0.717, 1.165) is 17.3 Å². The Morgan fingerprint density at radius 2 is 2.07 bits per heavy atom. The van der Waals surface area contributed by atoms with Crippen molar-refractivity contribution in [2.75, 3.05) is 0 Å². The average Bonchev–Trinajstić information content (AvgIpc) is 2.25. The molecule has 0 saturated carbocycles. The van der Waals surface area contributed by atoms with Gasteiger partial charge in [0.1, 0.15) is 6.10 Å². The van der Waals surface area contributed by atoms with Crippen LogP contribution in [0.3, 0.4) is 0 Å². The highest BCUT2D eigenvalue weighted by molar-refractivity contribution is 9.10. The topological polar surface area (TPSA) is 26.3 Å². The summed E-state index contributed by atoms with van der Waals surface area (Å²) < 4.78 is 6.22. The van der Waals surface area contributed by atoms with Crippen LogP contribution < -0.4 is 0 Å². The van der Waals surface area contributed by atoms with Gasteiger partial charge in [-0.3, -0.25) is 0 Å². The third kappa shape index (κ3) is 3.67. The fourth-order valence-corrected chi connectivity index (χ4v) is 1.69. The first kappa shape index (κ1) is 12.2. The van der Waals surface area contributed by atoms with Gasteiger partial charge in [-0.2, -0.15) is 0 Å².